The van der Waals surface area contributed by atoms with Crippen LogP contribution in [0.15, 0.2) is 24.3 Å². The van der Waals surface area contributed by atoms with E-state index in [2.05, 4.69) is 0 Å². The summed E-state index contributed by atoms with van der Waals surface area (Å²) in [4.78, 5) is 14.4. The fourth-order valence-electron chi connectivity index (χ4n) is 3.92. The number of halogens is 3. The maximum atomic E-state index is 13.1. The number of benzene rings is 1. The van der Waals surface area contributed by atoms with Crippen molar-refractivity contribution in [1.82, 2.24) is 4.90 Å². The van der Waals surface area contributed by atoms with Crippen molar-refractivity contribution >= 4 is 15.7 Å². The molecule has 1 amide bonds. The van der Waals surface area contributed by atoms with Crippen LogP contribution in [-0.4, -0.2) is 49.4 Å². The van der Waals surface area contributed by atoms with E-state index in [1.165, 1.54) is 18.2 Å². The van der Waals surface area contributed by atoms with Gasteiger partial charge in [0.2, 0.25) is 0 Å². The van der Waals surface area contributed by atoms with E-state index in [1.54, 1.807) is 4.90 Å². The summed E-state index contributed by atoms with van der Waals surface area (Å²) in [6.07, 6.45) is -0.756. The van der Waals surface area contributed by atoms with Crippen LogP contribution in [-0.2, 0) is 20.8 Å². The lowest BCUT2D eigenvalue weighted by molar-refractivity contribution is -0.142. The lowest BCUT2D eigenvalue weighted by atomic mass is 10.1. The van der Waals surface area contributed by atoms with Crippen LogP contribution in [0.25, 0.3) is 0 Å². The maximum absolute atomic E-state index is 13.1. The zero-order valence-corrected chi connectivity index (χ0v) is 15.6. The first-order valence-electron chi connectivity index (χ1n) is 8.98. The van der Waals surface area contributed by atoms with Crippen molar-refractivity contribution in [2.24, 2.45) is 0 Å². The molecule has 2 fully saturated rings. The van der Waals surface area contributed by atoms with Crippen molar-refractivity contribution in [3.63, 3.8) is 0 Å². The molecule has 150 valence electrons. The Kier molecular flexibility index (Phi) is 5.69. The predicted octanol–water partition coefficient (Wildman–Crippen LogP) is 3.04. The molecule has 3 rings (SSSR count). The van der Waals surface area contributed by atoms with Crippen LogP contribution in [0.2, 0.25) is 0 Å². The van der Waals surface area contributed by atoms with Crippen molar-refractivity contribution in [1.29, 1.82) is 0 Å². The van der Waals surface area contributed by atoms with Crippen molar-refractivity contribution < 1.29 is 31.1 Å². The number of sulfone groups is 1. The Morgan fingerprint density at radius 2 is 1.78 bits per heavy atom. The normalized spacial score (nSPS) is 22.7. The average molecular weight is 405 g/mol. The third kappa shape index (κ3) is 4.75. The second-order valence-corrected chi connectivity index (χ2v) is 9.31. The van der Waals surface area contributed by atoms with Crippen molar-refractivity contribution in [3.05, 3.63) is 29.8 Å². The van der Waals surface area contributed by atoms with Gasteiger partial charge in [0.05, 0.1) is 17.1 Å². The first-order valence-corrected chi connectivity index (χ1v) is 10.8. The highest BCUT2D eigenvalue weighted by Crippen LogP contribution is 2.36. The number of hydrogen-bond donors (Lipinski definition) is 0. The molecule has 1 unspecified atom stereocenters. The zero-order valence-electron chi connectivity index (χ0n) is 14.7. The molecule has 27 heavy (non-hydrogen) atoms. The van der Waals surface area contributed by atoms with E-state index in [1.807, 2.05) is 0 Å². The van der Waals surface area contributed by atoms with Gasteiger partial charge in [-0.15, -0.1) is 0 Å². The molecule has 1 aromatic carbocycles. The van der Waals surface area contributed by atoms with E-state index in [-0.39, 0.29) is 17.5 Å². The van der Waals surface area contributed by atoms with Gasteiger partial charge in [0.25, 0.3) is 5.91 Å². The molecule has 1 aliphatic carbocycles. The van der Waals surface area contributed by atoms with Crippen molar-refractivity contribution in [3.8, 4) is 5.75 Å². The van der Waals surface area contributed by atoms with E-state index < -0.39 is 45.9 Å². The molecule has 1 aliphatic heterocycles. The Morgan fingerprint density at radius 3 is 2.37 bits per heavy atom. The van der Waals surface area contributed by atoms with Gasteiger partial charge in [0.1, 0.15) is 5.75 Å². The minimum atomic E-state index is -4.58. The zero-order chi connectivity index (χ0) is 19.7. The summed E-state index contributed by atoms with van der Waals surface area (Å²) in [6.45, 7) is -0.542. The number of alkyl halides is 3. The van der Waals surface area contributed by atoms with Crippen LogP contribution in [0.5, 0.6) is 5.75 Å². The van der Waals surface area contributed by atoms with Gasteiger partial charge in [-0.3, -0.25) is 4.79 Å². The van der Waals surface area contributed by atoms with Crippen LogP contribution in [0.4, 0.5) is 13.2 Å². The Morgan fingerprint density at radius 1 is 1.11 bits per heavy atom. The number of carbonyl (C=O) groups is 1. The molecule has 1 saturated heterocycles. The molecule has 2 aliphatic rings. The van der Waals surface area contributed by atoms with Crippen LogP contribution >= 0.6 is 0 Å². The van der Waals surface area contributed by atoms with Gasteiger partial charge in [-0.05, 0) is 31.4 Å². The lowest BCUT2D eigenvalue weighted by Crippen LogP contribution is -2.48. The molecule has 5 nitrogen and oxygen atoms in total. The van der Waals surface area contributed by atoms with Gasteiger partial charge in [-0.1, -0.05) is 25.0 Å². The average Bonchev–Trinajstić information content (AvgIpc) is 3.23. The molecule has 1 saturated carbocycles. The smallest absolute Gasteiger partial charge is 0.419 e. The predicted molar refractivity (Wildman–Crippen MR) is 93.1 cm³/mol. The van der Waals surface area contributed by atoms with Gasteiger partial charge in [-0.25, -0.2) is 8.42 Å². The number of amides is 1. The molecule has 0 aromatic heterocycles. The molecular weight excluding hydrogens is 383 g/mol. The molecule has 9 heteroatoms. The quantitative estimate of drug-likeness (QED) is 0.755. The number of rotatable bonds is 5. The van der Waals surface area contributed by atoms with E-state index in [9.17, 15) is 26.4 Å². The first kappa shape index (κ1) is 20.0. The summed E-state index contributed by atoms with van der Waals surface area (Å²) in [5.41, 5.74) is -0.936. The van der Waals surface area contributed by atoms with E-state index in [4.69, 9.17) is 4.74 Å². The first-order chi connectivity index (χ1) is 12.7. The van der Waals surface area contributed by atoms with Gasteiger partial charge >= 0.3 is 6.18 Å². The van der Waals surface area contributed by atoms with Crippen molar-refractivity contribution in [2.75, 3.05) is 18.1 Å². The van der Waals surface area contributed by atoms with Crippen LogP contribution in [0.3, 0.4) is 0 Å². The minimum absolute atomic E-state index is 0.0337. The second kappa shape index (κ2) is 7.69. The summed E-state index contributed by atoms with van der Waals surface area (Å²) < 4.78 is 68.1. The monoisotopic (exact) mass is 405 g/mol. The Labute approximate surface area is 156 Å². The fourth-order valence-corrected chi connectivity index (χ4v) is 5.63. The summed E-state index contributed by atoms with van der Waals surface area (Å²) in [5.74, 6) is -0.912. The van der Waals surface area contributed by atoms with Gasteiger partial charge in [0.15, 0.2) is 16.4 Å². The minimum Gasteiger partial charge on any atom is -0.483 e. The van der Waals surface area contributed by atoms with Crippen LogP contribution < -0.4 is 4.74 Å². The molecule has 1 aromatic rings. The van der Waals surface area contributed by atoms with E-state index >= 15 is 0 Å². The number of para-hydroxylation sites is 1. The third-order valence-corrected chi connectivity index (χ3v) is 6.90. The highest BCUT2D eigenvalue weighted by Gasteiger charge is 2.39. The second-order valence-electron chi connectivity index (χ2n) is 7.08. The molecule has 0 N–H and O–H groups in total. The van der Waals surface area contributed by atoms with Gasteiger partial charge in [-0.2, -0.15) is 13.2 Å². The summed E-state index contributed by atoms with van der Waals surface area (Å²) >= 11 is 0. The molecule has 1 atom stereocenters. The molecule has 0 spiro atoms. The van der Waals surface area contributed by atoms with Crippen molar-refractivity contribution in [2.45, 2.75) is 50.4 Å². The molecule has 0 radical (unpaired) electrons. The standard InChI is InChI=1S/C18H22F3NO4S/c19-18(20,21)15-7-3-4-8-16(15)26-11-17(23)22(13-5-1-2-6-13)14-9-10-27(24,25)12-14/h3-4,7-8,13-14H,1-2,5-6,9-12H2. The Balaban J connectivity index is 1.74. The summed E-state index contributed by atoms with van der Waals surface area (Å²) in [7, 11) is -3.18. The maximum Gasteiger partial charge on any atom is 0.419 e. The largest absolute Gasteiger partial charge is 0.483 e. The Bertz CT molecular complexity index is 788. The van der Waals surface area contributed by atoms with E-state index in [0.717, 1.165) is 31.7 Å². The van der Waals surface area contributed by atoms with Crippen LogP contribution in [0.1, 0.15) is 37.7 Å². The van der Waals surface area contributed by atoms with Gasteiger partial charge < -0.3 is 9.64 Å². The summed E-state index contributed by atoms with van der Waals surface area (Å²) in [6, 6.07) is 4.25. The number of ether oxygens (including phenoxy) is 1. The highest BCUT2D eigenvalue weighted by molar-refractivity contribution is 7.91. The summed E-state index contributed by atoms with van der Waals surface area (Å²) in [5, 5.41) is 0. The fraction of sp³-hybridized carbons (Fsp3) is 0.611. The number of hydrogen-bond acceptors (Lipinski definition) is 4. The number of carbonyl (C=O) groups excluding carboxylic acids is 1. The SMILES string of the molecule is O=C(COc1ccccc1C(F)(F)F)N(C1CCCC1)C1CCS(=O)(=O)C1. The lowest BCUT2D eigenvalue weighted by Gasteiger charge is -2.34. The number of nitrogens with zero attached hydrogens (tertiary/aromatic N) is 1. The molecular formula is C18H22F3NO4S. The molecule has 0 bridgehead atoms. The van der Waals surface area contributed by atoms with E-state index in [0.29, 0.717) is 6.42 Å². The third-order valence-electron chi connectivity index (χ3n) is 5.15. The van der Waals surface area contributed by atoms with Gasteiger partial charge in [0, 0.05) is 12.1 Å². The topological polar surface area (TPSA) is 63.7 Å². The van der Waals surface area contributed by atoms with Crippen LogP contribution in [0, 0.1) is 0 Å². The highest BCUT2D eigenvalue weighted by atomic mass is 32.2. The Hall–Kier alpha value is -1.77. The molecule has 1 heterocycles.